The molecule has 3 rings (SSSR count). The van der Waals surface area contributed by atoms with E-state index in [-0.39, 0.29) is 17.1 Å². The van der Waals surface area contributed by atoms with Crippen molar-refractivity contribution in [3.63, 3.8) is 0 Å². The van der Waals surface area contributed by atoms with Gasteiger partial charge >= 0.3 is 0 Å². The molecule has 120 valence electrons. The molecule has 2 saturated carbocycles. The first-order chi connectivity index (χ1) is 10.1. The molecule has 3 nitrogen and oxygen atoms in total. The second kappa shape index (κ2) is 6.00. The van der Waals surface area contributed by atoms with Crippen molar-refractivity contribution in [2.75, 3.05) is 20.7 Å². The molecule has 1 aliphatic heterocycles. The molecule has 0 aromatic carbocycles. The van der Waals surface area contributed by atoms with Crippen LogP contribution in [0, 0.1) is 5.92 Å². The molecule has 0 bridgehead atoms. The van der Waals surface area contributed by atoms with Gasteiger partial charge in [-0.3, -0.25) is 9.69 Å². The molecule has 0 radical (unpaired) electrons. The van der Waals surface area contributed by atoms with E-state index in [0.717, 1.165) is 32.3 Å². The number of carbonyl (C=O) groups excluding carboxylic acids is 1. The van der Waals surface area contributed by atoms with Crippen molar-refractivity contribution >= 4 is 5.78 Å². The molecule has 0 aromatic rings. The first-order valence-electron chi connectivity index (χ1n) is 8.94. The summed E-state index contributed by atoms with van der Waals surface area (Å²) in [4.78, 5) is 15.5. The van der Waals surface area contributed by atoms with Gasteiger partial charge in [-0.15, -0.1) is 0 Å². The summed E-state index contributed by atoms with van der Waals surface area (Å²) in [5.74, 6) is 0.760. The van der Waals surface area contributed by atoms with Gasteiger partial charge in [0.1, 0.15) is 0 Å². The van der Waals surface area contributed by atoms with Crippen LogP contribution in [0.25, 0.3) is 0 Å². The molecule has 0 amide bonds. The molecule has 21 heavy (non-hydrogen) atoms. The Balaban J connectivity index is 1.74. The fraction of sp³-hybridized carbons (Fsp3) is 0.944. The predicted molar refractivity (Wildman–Crippen MR) is 84.4 cm³/mol. The molecule has 1 saturated heterocycles. The van der Waals surface area contributed by atoms with Crippen molar-refractivity contribution in [2.45, 2.75) is 81.8 Å². The van der Waals surface area contributed by atoms with Crippen LogP contribution in [-0.4, -0.2) is 42.5 Å². The summed E-state index contributed by atoms with van der Waals surface area (Å²) in [5, 5.41) is 0. The Hall–Kier alpha value is -0.410. The number of hydrogen-bond acceptors (Lipinski definition) is 3. The van der Waals surface area contributed by atoms with Gasteiger partial charge in [0.2, 0.25) is 0 Å². The van der Waals surface area contributed by atoms with Crippen LogP contribution in [0.4, 0.5) is 0 Å². The van der Waals surface area contributed by atoms with E-state index in [2.05, 4.69) is 19.0 Å². The number of carbonyl (C=O) groups is 1. The minimum Gasteiger partial charge on any atom is -0.375 e. The fourth-order valence-electron chi connectivity index (χ4n) is 5.05. The lowest BCUT2D eigenvalue weighted by Crippen LogP contribution is -2.54. The van der Waals surface area contributed by atoms with Gasteiger partial charge in [0.15, 0.2) is 5.78 Å². The molecule has 1 spiro atoms. The standard InChI is InChI=1S/C18H31NO2/c1-19(2)18(11-6-7-12-18)16(20)15-8-13-21-17(14-15)9-4-3-5-10-17/h15H,3-14H2,1-2H3. The van der Waals surface area contributed by atoms with Gasteiger partial charge in [-0.1, -0.05) is 32.1 Å². The normalized spacial score (nSPS) is 31.7. The van der Waals surface area contributed by atoms with Crippen LogP contribution in [0.15, 0.2) is 0 Å². The highest BCUT2D eigenvalue weighted by atomic mass is 16.5. The maximum absolute atomic E-state index is 13.3. The minimum absolute atomic E-state index is 0.0446. The second-order valence-corrected chi connectivity index (χ2v) is 7.78. The van der Waals surface area contributed by atoms with Gasteiger partial charge in [-0.2, -0.15) is 0 Å². The first kappa shape index (κ1) is 15.5. The monoisotopic (exact) mass is 293 g/mol. The third-order valence-electron chi connectivity index (χ3n) is 6.37. The molecule has 0 aromatic heterocycles. The van der Waals surface area contributed by atoms with Crippen molar-refractivity contribution in [3.05, 3.63) is 0 Å². The predicted octanol–water partition coefficient (Wildman–Crippen LogP) is 3.56. The maximum atomic E-state index is 13.3. The van der Waals surface area contributed by atoms with Gasteiger partial charge in [0.25, 0.3) is 0 Å². The Morgan fingerprint density at radius 3 is 2.24 bits per heavy atom. The number of ketones is 1. The van der Waals surface area contributed by atoms with Crippen molar-refractivity contribution in [3.8, 4) is 0 Å². The molecule has 1 atom stereocenters. The number of likely N-dealkylation sites (N-methyl/N-ethyl adjacent to an activating group) is 1. The second-order valence-electron chi connectivity index (χ2n) is 7.78. The zero-order valence-electron chi connectivity index (χ0n) is 13.8. The largest absolute Gasteiger partial charge is 0.375 e. The zero-order valence-corrected chi connectivity index (χ0v) is 13.8. The van der Waals surface area contributed by atoms with Gasteiger partial charge in [0.05, 0.1) is 11.1 Å². The summed E-state index contributed by atoms with van der Waals surface area (Å²) in [7, 11) is 4.19. The molecule has 0 N–H and O–H groups in total. The Morgan fingerprint density at radius 2 is 1.62 bits per heavy atom. The van der Waals surface area contributed by atoms with E-state index in [1.54, 1.807) is 0 Å². The van der Waals surface area contributed by atoms with Crippen molar-refractivity contribution < 1.29 is 9.53 Å². The van der Waals surface area contributed by atoms with Crippen molar-refractivity contribution in [1.82, 2.24) is 4.90 Å². The number of ether oxygens (including phenoxy) is 1. The molecule has 2 aliphatic carbocycles. The summed E-state index contributed by atoms with van der Waals surface area (Å²) in [5.41, 5.74) is -0.124. The lowest BCUT2D eigenvalue weighted by atomic mass is 9.71. The third kappa shape index (κ3) is 2.79. The Labute approximate surface area is 129 Å². The van der Waals surface area contributed by atoms with E-state index >= 15 is 0 Å². The Morgan fingerprint density at radius 1 is 1.00 bits per heavy atom. The van der Waals surface area contributed by atoms with E-state index in [4.69, 9.17) is 4.74 Å². The highest BCUT2D eigenvalue weighted by Crippen LogP contribution is 2.44. The third-order valence-corrected chi connectivity index (χ3v) is 6.37. The van der Waals surface area contributed by atoms with Gasteiger partial charge in [-0.25, -0.2) is 0 Å². The lowest BCUT2D eigenvalue weighted by Gasteiger charge is -2.46. The number of rotatable bonds is 3. The van der Waals surface area contributed by atoms with Crippen LogP contribution in [-0.2, 0) is 9.53 Å². The van der Waals surface area contributed by atoms with Crippen LogP contribution in [0.3, 0.4) is 0 Å². The van der Waals surface area contributed by atoms with Crippen molar-refractivity contribution in [1.29, 1.82) is 0 Å². The first-order valence-corrected chi connectivity index (χ1v) is 8.94. The maximum Gasteiger partial charge on any atom is 0.156 e. The van der Waals surface area contributed by atoms with Gasteiger partial charge in [-0.05, 0) is 52.6 Å². The average molecular weight is 293 g/mol. The quantitative estimate of drug-likeness (QED) is 0.797. The van der Waals surface area contributed by atoms with Crippen LogP contribution in [0.2, 0.25) is 0 Å². The number of Topliss-reactive ketones (excluding diaryl/α,β-unsaturated/α-hetero) is 1. The average Bonchev–Trinajstić information content (AvgIpc) is 2.98. The molecular weight excluding hydrogens is 262 g/mol. The summed E-state index contributed by atoms with van der Waals surface area (Å²) < 4.78 is 6.18. The smallest absolute Gasteiger partial charge is 0.156 e. The van der Waals surface area contributed by atoms with E-state index in [9.17, 15) is 4.79 Å². The van der Waals surface area contributed by atoms with Crippen LogP contribution in [0.5, 0.6) is 0 Å². The van der Waals surface area contributed by atoms with Crippen LogP contribution < -0.4 is 0 Å². The zero-order chi connectivity index (χ0) is 14.9. The molecule has 1 heterocycles. The SMILES string of the molecule is CN(C)C1(C(=O)C2CCOC3(CCCCC3)C2)CCCC1. The van der Waals surface area contributed by atoms with Gasteiger partial charge in [0, 0.05) is 12.5 Å². The van der Waals surface area contributed by atoms with Gasteiger partial charge < -0.3 is 4.74 Å². The van der Waals surface area contributed by atoms with Crippen molar-refractivity contribution in [2.24, 2.45) is 5.92 Å². The topological polar surface area (TPSA) is 29.5 Å². The summed E-state index contributed by atoms with van der Waals surface area (Å²) in [6.07, 6.45) is 12.7. The molecule has 3 aliphatic rings. The van der Waals surface area contributed by atoms with Crippen LogP contribution in [0.1, 0.15) is 70.6 Å². The molecule has 3 fully saturated rings. The summed E-state index contributed by atoms with van der Waals surface area (Å²) >= 11 is 0. The summed E-state index contributed by atoms with van der Waals surface area (Å²) in [6, 6.07) is 0. The molecule has 3 heteroatoms. The lowest BCUT2D eigenvalue weighted by molar-refractivity contribution is -0.151. The van der Waals surface area contributed by atoms with Crippen LogP contribution >= 0.6 is 0 Å². The summed E-state index contributed by atoms with van der Waals surface area (Å²) in [6.45, 7) is 0.792. The Kier molecular flexibility index (Phi) is 4.42. The fourth-order valence-corrected chi connectivity index (χ4v) is 5.05. The number of hydrogen-bond donors (Lipinski definition) is 0. The molecule has 1 unspecified atom stereocenters. The van der Waals surface area contributed by atoms with E-state index < -0.39 is 0 Å². The van der Waals surface area contributed by atoms with E-state index in [1.807, 2.05) is 0 Å². The Bertz CT molecular complexity index is 373. The minimum atomic E-state index is -0.169. The highest BCUT2D eigenvalue weighted by molar-refractivity contribution is 5.91. The number of nitrogens with zero attached hydrogens (tertiary/aromatic N) is 1. The highest BCUT2D eigenvalue weighted by Gasteiger charge is 2.49. The van der Waals surface area contributed by atoms with E-state index in [0.29, 0.717) is 5.78 Å². The molecular formula is C18H31NO2. The van der Waals surface area contributed by atoms with E-state index in [1.165, 1.54) is 44.9 Å².